The molecule has 2 rings (SSSR count). The number of rotatable bonds is 15. The Bertz CT molecular complexity index is 1000. The molecule has 190 valence electrons. The number of aliphatic carboxylic acids is 1. The van der Waals surface area contributed by atoms with Crippen LogP contribution in [0.3, 0.4) is 0 Å². The summed E-state index contributed by atoms with van der Waals surface area (Å²) >= 11 is 0. The Kier molecular flexibility index (Phi) is 10.9. The lowest BCUT2D eigenvalue weighted by Gasteiger charge is -2.24. The predicted octanol–water partition coefficient (Wildman–Crippen LogP) is 0.872. The average Bonchev–Trinajstić information content (AvgIpc) is 3.27. The Balaban J connectivity index is 2.13. The summed E-state index contributed by atoms with van der Waals surface area (Å²) in [6.07, 6.45) is 1.70. The zero-order valence-corrected chi connectivity index (χ0v) is 19.6. The van der Waals surface area contributed by atoms with E-state index in [4.69, 9.17) is 5.11 Å². The third-order valence-electron chi connectivity index (χ3n) is 5.41. The van der Waals surface area contributed by atoms with Crippen LogP contribution in [0.2, 0.25) is 0 Å². The Hall–Kier alpha value is -3.73. The Morgan fingerprint density at radius 1 is 1.00 bits per heavy atom. The van der Waals surface area contributed by atoms with Crippen molar-refractivity contribution in [2.45, 2.75) is 63.6 Å². The number of aldehydes is 1. The second kappa shape index (κ2) is 13.9. The van der Waals surface area contributed by atoms with Gasteiger partial charge in [0, 0.05) is 17.5 Å². The third kappa shape index (κ3) is 8.53. The number of carboxylic acids is 1. The molecule has 6 N–H and O–H groups in total. The van der Waals surface area contributed by atoms with Crippen LogP contribution in [0.1, 0.15) is 55.9 Å². The summed E-state index contributed by atoms with van der Waals surface area (Å²) in [7, 11) is 0. The molecule has 11 nitrogen and oxygen atoms in total. The van der Waals surface area contributed by atoms with Gasteiger partial charge in [-0.05, 0) is 31.4 Å². The van der Waals surface area contributed by atoms with E-state index in [0.29, 0.717) is 12.7 Å². The van der Waals surface area contributed by atoms with Crippen molar-refractivity contribution in [2.75, 3.05) is 6.61 Å². The van der Waals surface area contributed by atoms with Gasteiger partial charge < -0.3 is 35.9 Å². The topological polar surface area (TPSA) is 178 Å². The fourth-order valence-corrected chi connectivity index (χ4v) is 3.55. The number of unbranched alkanes of at least 4 members (excludes halogenated alkanes) is 1. The molecule has 0 spiro atoms. The zero-order chi connectivity index (χ0) is 25.8. The van der Waals surface area contributed by atoms with Gasteiger partial charge in [0.15, 0.2) is 0 Å². The van der Waals surface area contributed by atoms with Crippen LogP contribution < -0.4 is 16.0 Å². The van der Waals surface area contributed by atoms with Crippen molar-refractivity contribution in [1.82, 2.24) is 20.9 Å². The SMILES string of the molecule is CCCC[C@H](NC(=O)C(CCCO)NC(=O)c1cc2ccccc2[nH]1)C(=O)N[C@H](C=O)CC(=O)O. The van der Waals surface area contributed by atoms with Gasteiger partial charge in [-0.3, -0.25) is 19.2 Å². The summed E-state index contributed by atoms with van der Waals surface area (Å²) < 4.78 is 0. The van der Waals surface area contributed by atoms with E-state index in [1.54, 1.807) is 6.07 Å². The van der Waals surface area contributed by atoms with Gasteiger partial charge in [-0.2, -0.15) is 0 Å². The van der Waals surface area contributed by atoms with Gasteiger partial charge in [-0.25, -0.2) is 0 Å². The number of aromatic amines is 1. The standard InChI is InChI=1S/C24H32N4O7/c1-2-3-8-18(22(33)25-16(14-30)13-21(31)32)27-23(34)19(10-6-11-29)28-24(35)20-12-15-7-4-5-9-17(15)26-20/h4-5,7,9,12,14,16,18-19,26,29H,2-3,6,8,10-11,13H2,1H3,(H,25,33)(H,27,34)(H,28,35)(H,31,32)/t16-,18-,19?/m0/s1. The lowest BCUT2D eigenvalue weighted by Crippen LogP contribution is -2.55. The number of carbonyl (C=O) groups is 5. The lowest BCUT2D eigenvalue weighted by molar-refractivity contribution is -0.139. The number of hydrogen-bond donors (Lipinski definition) is 6. The molecule has 3 amide bonds. The van der Waals surface area contributed by atoms with E-state index in [9.17, 15) is 29.1 Å². The van der Waals surface area contributed by atoms with Gasteiger partial charge >= 0.3 is 5.97 Å². The van der Waals surface area contributed by atoms with Crippen molar-refractivity contribution in [2.24, 2.45) is 0 Å². The molecule has 0 radical (unpaired) electrons. The Morgan fingerprint density at radius 3 is 2.29 bits per heavy atom. The van der Waals surface area contributed by atoms with Crippen molar-refractivity contribution < 1.29 is 34.2 Å². The lowest BCUT2D eigenvalue weighted by atomic mass is 10.1. The summed E-state index contributed by atoms with van der Waals surface area (Å²) in [5, 5.41) is 26.5. The molecule has 11 heteroatoms. The number of aliphatic hydroxyl groups is 1. The fourth-order valence-electron chi connectivity index (χ4n) is 3.55. The van der Waals surface area contributed by atoms with Gasteiger partial charge in [-0.1, -0.05) is 38.0 Å². The number of carboxylic acid groups (broad SMARTS) is 1. The molecule has 1 aromatic heterocycles. The maximum Gasteiger partial charge on any atom is 0.305 e. The molecule has 1 aromatic carbocycles. The van der Waals surface area contributed by atoms with Crippen molar-refractivity contribution in [3.8, 4) is 0 Å². The van der Waals surface area contributed by atoms with Crippen LogP contribution in [0.4, 0.5) is 0 Å². The van der Waals surface area contributed by atoms with Crippen LogP contribution in [0.15, 0.2) is 30.3 Å². The molecular formula is C24H32N4O7. The Morgan fingerprint density at radius 2 is 1.66 bits per heavy atom. The summed E-state index contributed by atoms with van der Waals surface area (Å²) in [6.45, 7) is 1.71. The molecule has 0 bridgehead atoms. The number of fused-ring (bicyclic) bond motifs is 1. The number of carbonyl (C=O) groups excluding carboxylic acids is 4. The molecule has 0 fully saturated rings. The monoisotopic (exact) mass is 488 g/mol. The number of amides is 3. The first-order valence-electron chi connectivity index (χ1n) is 11.6. The van der Waals surface area contributed by atoms with Crippen molar-refractivity contribution in [3.05, 3.63) is 36.0 Å². The molecule has 0 saturated carbocycles. The first kappa shape index (κ1) is 27.5. The molecule has 2 aromatic rings. The van der Waals surface area contributed by atoms with Gasteiger partial charge in [0.2, 0.25) is 11.8 Å². The number of aliphatic hydroxyl groups excluding tert-OH is 1. The van der Waals surface area contributed by atoms with Crippen molar-refractivity contribution >= 4 is 40.9 Å². The predicted molar refractivity (Wildman–Crippen MR) is 128 cm³/mol. The molecule has 0 aliphatic heterocycles. The van der Waals surface area contributed by atoms with Crippen LogP contribution >= 0.6 is 0 Å². The summed E-state index contributed by atoms with van der Waals surface area (Å²) in [5.74, 6) is -3.08. The smallest absolute Gasteiger partial charge is 0.305 e. The van der Waals surface area contributed by atoms with Gasteiger partial charge in [0.05, 0.1) is 12.5 Å². The molecule has 1 unspecified atom stereocenters. The first-order chi connectivity index (χ1) is 16.8. The summed E-state index contributed by atoms with van der Waals surface area (Å²) in [6, 6.07) is 5.69. The van der Waals surface area contributed by atoms with E-state index in [2.05, 4.69) is 20.9 Å². The quantitative estimate of drug-likeness (QED) is 0.201. The van der Waals surface area contributed by atoms with Gasteiger partial charge in [0.1, 0.15) is 24.1 Å². The van der Waals surface area contributed by atoms with E-state index in [1.165, 1.54) is 0 Å². The number of hydrogen-bond acceptors (Lipinski definition) is 6. The Labute approximate surface area is 202 Å². The number of nitrogens with one attached hydrogen (secondary N) is 4. The van der Waals surface area contributed by atoms with Crippen molar-refractivity contribution in [3.63, 3.8) is 0 Å². The minimum absolute atomic E-state index is 0.131. The zero-order valence-electron chi connectivity index (χ0n) is 19.6. The van der Waals surface area contributed by atoms with E-state index in [-0.39, 0.29) is 31.6 Å². The van der Waals surface area contributed by atoms with Crippen LogP contribution in [0.25, 0.3) is 10.9 Å². The highest BCUT2D eigenvalue weighted by Crippen LogP contribution is 2.15. The number of para-hydroxylation sites is 1. The minimum atomic E-state index is -1.25. The number of benzene rings is 1. The van der Waals surface area contributed by atoms with Crippen LogP contribution in [0, 0.1) is 0 Å². The summed E-state index contributed by atoms with van der Waals surface area (Å²) in [5.41, 5.74) is 1.02. The molecule has 3 atom stereocenters. The van der Waals surface area contributed by atoms with Gasteiger partial charge in [0.25, 0.3) is 5.91 Å². The molecule has 1 heterocycles. The maximum absolute atomic E-state index is 13.0. The largest absolute Gasteiger partial charge is 0.481 e. The molecular weight excluding hydrogens is 456 g/mol. The normalized spacial score (nSPS) is 13.4. The van der Waals surface area contributed by atoms with E-state index < -0.39 is 48.2 Å². The van der Waals surface area contributed by atoms with E-state index in [1.807, 2.05) is 31.2 Å². The second-order valence-electron chi connectivity index (χ2n) is 8.21. The second-order valence-corrected chi connectivity index (χ2v) is 8.21. The average molecular weight is 489 g/mol. The highest BCUT2D eigenvalue weighted by molar-refractivity contribution is 6.00. The van der Waals surface area contributed by atoms with Crippen molar-refractivity contribution in [1.29, 1.82) is 0 Å². The fraction of sp³-hybridized carbons (Fsp3) is 0.458. The molecule has 0 saturated heterocycles. The molecule has 0 aliphatic rings. The third-order valence-corrected chi connectivity index (χ3v) is 5.41. The van der Waals surface area contributed by atoms with Crippen LogP contribution in [0.5, 0.6) is 0 Å². The van der Waals surface area contributed by atoms with E-state index in [0.717, 1.165) is 17.3 Å². The molecule has 0 aliphatic carbocycles. The van der Waals surface area contributed by atoms with E-state index >= 15 is 0 Å². The maximum atomic E-state index is 13.0. The highest BCUT2D eigenvalue weighted by atomic mass is 16.4. The first-order valence-corrected chi connectivity index (χ1v) is 11.6. The summed E-state index contributed by atoms with van der Waals surface area (Å²) in [4.78, 5) is 63.6. The number of H-pyrrole nitrogens is 1. The highest BCUT2D eigenvalue weighted by Gasteiger charge is 2.28. The minimum Gasteiger partial charge on any atom is -0.481 e. The molecule has 35 heavy (non-hydrogen) atoms. The van der Waals surface area contributed by atoms with Crippen LogP contribution in [-0.4, -0.2) is 69.9 Å². The van der Waals surface area contributed by atoms with Crippen LogP contribution in [-0.2, 0) is 19.2 Å². The number of aromatic nitrogens is 1. The van der Waals surface area contributed by atoms with Gasteiger partial charge in [-0.15, -0.1) is 0 Å².